The zero-order valence-electron chi connectivity index (χ0n) is 13.0. The maximum absolute atomic E-state index is 12.2. The van der Waals surface area contributed by atoms with E-state index in [1.54, 1.807) is 20.8 Å². The predicted molar refractivity (Wildman–Crippen MR) is 73.0 cm³/mol. The van der Waals surface area contributed by atoms with Crippen LogP contribution < -0.4 is 0 Å². The van der Waals surface area contributed by atoms with E-state index in [1.165, 1.54) is 20.2 Å². The molecule has 1 atom stereocenters. The molecule has 1 rings (SSSR count). The Labute approximate surface area is 123 Å². The highest BCUT2D eigenvalue weighted by atomic mass is 16.6. The van der Waals surface area contributed by atoms with Gasteiger partial charge in [0.25, 0.3) is 0 Å². The zero-order valence-corrected chi connectivity index (χ0v) is 13.0. The van der Waals surface area contributed by atoms with Gasteiger partial charge in [0.2, 0.25) is 0 Å². The molecule has 1 amide bonds. The molecule has 0 aromatic heterocycles. The molecule has 0 aromatic carbocycles. The molecule has 7 heteroatoms. The largest absolute Gasteiger partial charge is 0.458 e. The first-order valence-corrected chi connectivity index (χ1v) is 6.62. The summed E-state index contributed by atoms with van der Waals surface area (Å²) in [6.45, 7) is 6.51. The van der Waals surface area contributed by atoms with E-state index in [9.17, 15) is 14.4 Å². The van der Waals surface area contributed by atoms with Crippen molar-refractivity contribution in [1.82, 2.24) is 4.90 Å². The number of esters is 2. The lowest BCUT2D eigenvalue weighted by molar-refractivity contribution is -0.160. The van der Waals surface area contributed by atoms with Crippen LogP contribution in [0.1, 0.15) is 40.5 Å². The third-order valence-electron chi connectivity index (χ3n) is 2.62. The van der Waals surface area contributed by atoms with Gasteiger partial charge in [-0.25, -0.2) is 9.59 Å². The van der Waals surface area contributed by atoms with Crippen molar-refractivity contribution in [3.63, 3.8) is 0 Å². The number of allylic oxidation sites excluding steroid dienone is 1. The molecule has 21 heavy (non-hydrogen) atoms. The van der Waals surface area contributed by atoms with Crippen LogP contribution in [0.3, 0.4) is 0 Å². The van der Waals surface area contributed by atoms with Gasteiger partial charge in [0.05, 0.1) is 7.11 Å². The lowest BCUT2D eigenvalue weighted by atomic mass is 10.1. The fourth-order valence-corrected chi connectivity index (χ4v) is 1.88. The SMILES string of the molecule is COC(=O)N1C=C(OC(C)=O)CC[C@H]1C(=O)OC(C)(C)C. The third-order valence-corrected chi connectivity index (χ3v) is 2.62. The van der Waals surface area contributed by atoms with Gasteiger partial charge < -0.3 is 14.2 Å². The van der Waals surface area contributed by atoms with Gasteiger partial charge in [0, 0.05) is 19.5 Å². The molecule has 0 fully saturated rings. The van der Waals surface area contributed by atoms with Crippen molar-refractivity contribution in [2.24, 2.45) is 0 Å². The molecule has 0 radical (unpaired) electrons. The zero-order chi connectivity index (χ0) is 16.2. The van der Waals surface area contributed by atoms with Crippen molar-refractivity contribution in [2.45, 2.75) is 52.2 Å². The lowest BCUT2D eigenvalue weighted by Gasteiger charge is -2.32. The lowest BCUT2D eigenvalue weighted by Crippen LogP contribution is -2.46. The summed E-state index contributed by atoms with van der Waals surface area (Å²) in [5, 5.41) is 0. The Balaban J connectivity index is 2.94. The summed E-state index contributed by atoms with van der Waals surface area (Å²) in [6, 6.07) is -0.795. The standard InChI is InChI=1S/C14H21NO6/c1-9(16)20-10-6-7-11(12(17)21-14(2,3)4)15(8-10)13(18)19-5/h8,11H,6-7H2,1-5H3/t11-/m0/s1. The van der Waals surface area contributed by atoms with Crippen molar-refractivity contribution in [3.05, 3.63) is 12.0 Å². The molecule has 0 aromatic rings. The number of methoxy groups -OCH3 is 1. The first-order valence-electron chi connectivity index (χ1n) is 6.62. The number of nitrogens with zero attached hydrogens (tertiary/aromatic N) is 1. The molecule has 0 aliphatic carbocycles. The van der Waals surface area contributed by atoms with Crippen LogP contribution in [0.25, 0.3) is 0 Å². The van der Waals surface area contributed by atoms with E-state index >= 15 is 0 Å². The fraction of sp³-hybridized carbons (Fsp3) is 0.643. The molecule has 1 aliphatic rings. The Kier molecular flexibility index (Phi) is 5.34. The molecular weight excluding hydrogens is 278 g/mol. The van der Waals surface area contributed by atoms with E-state index in [4.69, 9.17) is 9.47 Å². The normalized spacial score (nSPS) is 18.6. The van der Waals surface area contributed by atoms with Crippen LogP contribution in [0, 0.1) is 0 Å². The Morgan fingerprint density at radius 1 is 1.29 bits per heavy atom. The van der Waals surface area contributed by atoms with Gasteiger partial charge in [-0.15, -0.1) is 0 Å². The summed E-state index contributed by atoms with van der Waals surface area (Å²) in [5.41, 5.74) is -0.654. The monoisotopic (exact) mass is 299 g/mol. The Morgan fingerprint density at radius 2 is 1.90 bits per heavy atom. The number of carbonyl (C=O) groups is 3. The average Bonchev–Trinajstić information content (AvgIpc) is 2.34. The maximum Gasteiger partial charge on any atom is 0.414 e. The molecule has 1 aliphatic heterocycles. The van der Waals surface area contributed by atoms with Crippen LogP contribution in [0.4, 0.5) is 4.79 Å². The number of hydrogen-bond donors (Lipinski definition) is 0. The highest BCUT2D eigenvalue weighted by molar-refractivity contribution is 5.83. The average molecular weight is 299 g/mol. The van der Waals surface area contributed by atoms with Gasteiger partial charge in [-0.2, -0.15) is 0 Å². The summed E-state index contributed by atoms with van der Waals surface area (Å²) in [7, 11) is 1.21. The molecule has 118 valence electrons. The minimum atomic E-state index is -0.795. The topological polar surface area (TPSA) is 82.1 Å². The second kappa shape index (κ2) is 6.60. The van der Waals surface area contributed by atoms with Gasteiger partial charge in [-0.1, -0.05) is 0 Å². The minimum absolute atomic E-state index is 0.295. The minimum Gasteiger partial charge on any atom is -0.458 e. The number of hydrogen-bond acceptors (Lipinski definition) is 6. The molecule has 0 bridgehead atoms. The van der Waals surface area contributed by atoms with Crippen molar-refractivity contribution in [1.29, 1.82) is 0 Å². The summed E-state index contributed by atoms with van der Waals surface area (Å²) in [6.07, 6.45) is 1.25. The number of rotatable bonds is 2. The van der Waals surface area contributed by atoms with Crippen LogP contribution >= 0.6 is 0 Å². The quantitative estimate of drug-likeness (QED) is 0.572. The second-order valence-electron chi connectivity index (χ2n) is 5.65. The van der Waals surface area contributed by atoms with Crippen molar-refractivity contribution in [3.8, 4) is 0 Å². The van der Waals surface area contributed by atoms with Gasteiger partial charge in [-0.05, 0) is 27.2 Å². The fourth-order valence-electron chi connectivity index (χ4n) is 1.88. The summed E-state index contributed by atoms with van der Waals surface area (Å²) in [4.78, 5) is 36.0. The van der Waals surface area contributed by atoms with Gasteiger partial charge in [0.15, 0.2) is 0 Å². The predicted octanol–water partition coefficient (Wildman–Crippen LogP) is 1.96. The third kappa shape index (κ3) is 5.09. The van der Waals surface area contributed by atoms with Crippen molar-refractivity contribution >= 4 is 18.0 Å². The highest BCUT2D eigenvalue weighted by Gasteiger charge is 2.36. The summed E-state index contributed by atoms with van der Waals surface area (Å²) < 4.78 is 14.9. The van der Waals surface area contributed by atoms with E-state index < -0.39 is 29.7 Å². The summed E-state index contributed by atoms with van der Waals surface area (Å²) >= 11 is 0. The van der Waals surface area contributed by atoms with Gasteiger partial charge in [-0.3, -0.25) is 9.69 Å². The van der Waals surface area contributed by atoms with Crippen LogP contribution in [0.15, 0.2) is 12.0 Å². The van der Waals surface area contributed by atoms with E-state index in [0.717, 1.165) is 4.90 Å². The molecule has 7 nitrogen and oxygen atoms in total. The van der Waals surface area contributed by atoms with Gasteiger partial charge in [0.1, 0.15) is 17.4 Å². The summed E-state index contributed by atoms with van der Waals surface area (Å²) in [5.74, 6) is -0.694. The Bertz CT molecular complexity index is 463. The first kappa shape index (κ1) is 17.0. The second-order valence-corrected chi connectivity index (χ2v) is 5.65. The molecule has 1 heterocycles. The molecule has 0 N–H and O–H groups in total. The van der Waals surface area contributed by atoms with Crippen molar-refractivity contribution < 1.29 is 28.6 Å². The molecule has 0 unspecified atom stereocenters. The van der Waals surface area contributed by atoms with Crippen LogP contribution in [-0.4, -0.2) is 41.7 Å². The molecule has 0 saturated carbocycles. The maximum atomic E-state index is 12.2. The van der Waals surface area contributed by atoms with Crippen LogP contribution in [0.2, 0.25) is 0 Å². The number of ether oxygens (including phenoxy) is 3. The smallest absolute Gasteiger partial charge is 0.414 e. The number of carbonyl (C=O) groups excluding carboxylic acids is 3. The molecule has 0 spiro atoms. The van der Waals surface area contributed by atoms with E-state index in [2.05, 4.69) is 4.74 Å². The number of amides is 1. The van der Waals surface area contributed by atoms with E-state index in [0.29, 0.717) is 18.6 Å². The van der Waals surface area contributed by atoms with Crippen LogP contribution in [0.5, 0.6) is 0 Å². The van der Waals surface area contributed by atoms with Gasteiger partial charge >= 0.3 is 18.0 Å². The Morgan fingerprint density at radius 3 is 2.38 bits per heavy atom. The molecule has 0 saturated heterocycles. The first-order chi connectivity index (χ1) is 9.64. The van der Waals surface area contributed by atoms with Crippen LogP contribution in [-0.2, 0) is 23.8 Å². The van der Waals surface area contributed by atoms with E-state index in [-0.39, 0.29) is 0 Å². The highest BCUT2D eigenvalue weighted by Crippen LogP contribution is 2.24. The molecular formula is C14H21NO6. The van der Waals surface area contributed by atoms with Crippen molar-refractivity contribution in [2.75, 3.05) is 7.11 Å². The Hall–Kier alpha value is -2.05. The van der Waals surface area contributed by atoms with E-state index in [1.807, 2.05) is 0 Å².